The average molecular weight is 372 g/mol. The fourth-order valence-corrected chi connectivity index (χ4v) is 4.66. The Labute approximate surface area is 148 Å². The van der Waals surface area contributed by atoms with E-state index in [1.54, 1.807) is 35.0 Å². The summed E-state index contributed by atoms with van der Waals surface area (Å²) in [6, 6.07) is 6.03. The van der Waals surface area contributed by atoms with E-state index >= 15 is 0 Å². The summed E-state index contributed by atoms with van der Waals surface area (Å²) in [5, 5.41) is 0. The minimum atomic E-state index is -2.97. The van der Waals surface area contributed by atoms with E-state index in [0.29, 0.717) is 19.5 Å². The van der Waals surface area contributed by atoms with Crippen molar-refractivity contribution in [2.24, 2.45) is 0 Å². The number of sulfone groups is 1. The second kappa shape index (κ2) is 8.62. The molecule has 1 aromatic rings. The number of rotatable bonds is 8. The van der Waals surface area contributed by atoms with E-state index in [2.05, 4.69) is 0 Å². The van der Waals surface area contributed by atoms with Crippen molar-refractivity contribution in [2.75, 3.05) is 44.8 Å². The average Bonchev–Trinajstić information content (AvgIpc) is 2.93. The monoisotopic (exact) mass is 372 g/mol. The van der Waals surface area contributed by atoms with Crippen LogP contribution in [0.5, 0.6) is 5.75 Å². The number of para-hydroxylation sites is 1. The predicted molar refractivity (Wildman–Crippen MR) is 93.8 cm³/mol. The van der Waals surface area contributed by atoms with E-state index in [4.69, 9.17) is 4.74 Å². The van der Waals surface area contributed by atoms with Crippen molar-refractivity contribution < 1.29 is 22.3 Å². The number of amides is 1. The molecule has 0 bridgehead atoms. The summed E-state index contributed by atoms with van der Waals surface area (Å²) in [7, 11) is -1.20. The summed E-state index contributed by atoms with van der Waals surface area (Å²) >= 11 is 0. The maximum Gasteiger partial charge on any atom is 0.236 e. The molecule has 0 aliphatic carbocycles. The van der Waals surface area contributed by atoms with Crippen LogP contribution in [0.4, 0.5) is 4.39 Å². The van der Waals surface area contributed by atoms with Gasteiger partial charge in [-0.05, 0) is 32.5 Å². The van der Waals surface area contributed by atoms with Gasteiger partial charge in [-0.2, -0.15) is 0 Å². The summed E-state index contributed by atoms with van der Waals surface area (Å²) in [6.07, 6.45) is 0.564. The molecule has 25 heavy (non-hydrogen) atoms. The molecule has 1 aromatic carbocycles. The van der Waals surface area contributed by atoms with Crippen LogP contribution in [0.25, 0.3) is 0 Å². The molecule has 8 heteroatoms. The van der Waals surface area contributed by atoms with Crippen molar-refractivity contribution in [3.8, 4) is 5.75 Å². The smallest absolute Gasteiger partial charge is 0.236 e. The van der Waals surface area contributed by atoms with Crippen molar-refractivity contribution in [3.63, 3.8) is 0 Å². The number of carbonyl (C=O) groups excluding carboxylic acids is 1. The summed E-state index contributed by atoms with van der Waals surface area (Å²) < 4.78 is 42.0. The second-order valence-electron chi connectivity index (χ2n) is 6.22. The number of nitrogens with zero attached hydrogens (tertiary/aromatic N) is 2. The van der Waals surface area contributed by atoms with Crippen molar-refractivity contribution >= 4 is 15.7 Å². The van der Waals surface area contributed by atoms with Crippen LogP contribution in [-0.2, 0) is 14.6 Å². The lowest BCUT2D eigenvalue weighted by atomic mass is 10.2. The molecule has 1 fully saturated rings. The van der Waals surface area contributed by atoms with E-state index < -0.39 is 15.7 Å². The Morgan fingerprint density at radius 2 is 2.08 bits per heavy atom. The molecular formula is C17H25FN2O4S. The Hall–Kier alpha value is -1.67. The van der Waals surface area contributed by atoms with Crippen LogP contribution in [0.15, 0.2) is 24.3 Å². The lowest BCUT2D eigenvalue weighted by Gasteiger charge is -2.27. The predicted octanol–water partition coefficient (Wildman–Crippen LogP) is 1.17. The topological polar surface area (TPSA) is 66.9 Å². The highest BCUT2D eigenvalue weighted by Crippen LogP contribution is 2.17. The highest BCUT2D eigenvalue weighted by Gasteiger charge is 2.31. The van der Waals surface area contributed by atoms with Gasteiger partial charge in [0.05, 0.1) is 24.6 Å². The third-order valence-corrected chi connectivity index (χ3v) is 6.16. The third kappa shape index (κ3) is 5.67. The fourth-order valence-electron chi connectivity index (χ4n) is 2.85. The zero-order valence-electron chi connectivity index (χ0n) is 14.7. The largest absolute Gasteiger partial charge is 0.489 e. The zero-order valence-corrected chi connectivity index (χ0v) is 15.5. The van der Waals surface area contributed by atoms with Gasteiger partial charge in [0, 0.05) is 12.6 Å². The number of hydrogen-bond acceptors (Lipinski definition) is 5. The van der Waals surface area contributed by atoms with Crippen LogP contribution in [0.2, 0.25) is 0 Å². The molecule has 0 radical (unpaired) electrons. The maximum atomic E-state index is 13.5. The summed E-state index contributed by atoms with van der Waals surface area (Å²) in [5.74, 6) is -0.0616. The Balaban J connectivity index is 1.81. The molecular weight excluding hydrogens is 347 g/mol. The summed E-state index contributed by atoms with van der Waals surface area (Å²) in [5.41, 5.74) is 0. The third-order valence-electron chi connectivity index (χ3n) is 4.41. The van der Waals surface area contributed by atoms with Crippen molar-refractivity contribution in [3.05, 3.63) is 30.1 Å². The summed E-state index contributed by atoms with van der Waals surface area (Å²) in [6.45, 7) is 3.08. The Morgan fingerprint density at radius 1 is 1.36 bits per heavy atom. The molecule has 1 heterocycles. The normalized spacial score (nSPS) is 19.1. The lowest BCUT2D eigenvalue weighted by Crippen LogP contribution is -2.44. The molecule has 6 nitrogen and oxygen atoms in total. The van der Waals surface area contributed by atoms with E-state index in [0.717, 1.165) is 0 Å². The second-order valence-corrected chi connectivity index (χ2v) is 8.45. The highest BCUT2D eigenvalue weighted by atomic mass is 32.2. The highest BCUT2D eigenvalue weighted by molar-refractivity contribution is 7.91. The number of ether oxygens (including phenoxy) is 1. The first-order valence-electron chi connectivity index (χ1n) is 8.38. The first-order valence-corrected chi connectivity index (χ1v) is 10.2. The number of hydrogen-bond donors (Lipinski definition) is 0. The molecule has 0 saturated carbocycles. The minimum Gasteiger partial charge on any atom is -0.489 e. The van der Waals surface area contributed by atoms with Crippen LogP contribution >= 0.6 is 0 Å². The van der Waals surface area contributed by atoms with Crippen molar-refractivity contribution in [2.45, 2.75) is 19.4 Å². The number of likely N-dealkylation sites (N-methyl/N-ethyl adjacent to an activating group) is 2. The van der Waals surface area contributed by atoms with Crippen molar-refractivity contribution in [1.29, 1.82) is 0 Å². The van der Waals surface area contributed by atoms with Crippen LogP contribution in [0.3, 0.4) is 0 Å². The lowest BCUT2D eigenvalue weighted by molar-refractivity contribution is -0.132. The standard InChI is InChI=1S/C17H25FN2O4S/c1-3-20(9-10-24-16-7-5-4-6-15(16)18)17(21)12-19(2)14-8-11-25(22,23)13-14/h4-7,14H,3,8-13H2,1-2H3. The van der Waals surface area contributed by atoms with E-state index in [-0.39, 0.29) is 42.4 Å². The van der Waals surface area contributed by atoms with E-state index in [9.17, 15) is 17.6 Å². The van der Waals surface area contributed by atoms with Crippen LogP contribution < -0.4 is 4.74 Å². The van der Waals surface area contributed by atoms with Crippen LogP contribution in [-0.4, -0.2) is 75.0 Å². The summed E-state index contributed by atoms with van der Waals surface area (Å²) in [4.78, 5) is 15.8. The zero-order chi connectivity index (χ0) is 18.4. The van der Waals surface area contributed by atoms with Crippen LogP contribution in [0, 0.1) is 5.82 Å². The Kier molecular flexibility index (Phi) is 6.78. The van der Waals surface area contributed by atoms with Gasteiger partial charge in [-0.25, -0.2) is 12.8 Å². The van der Waals surface area contributed by atoms with Crippen molar-refractivity contribution in [1.82, 2.24) is 9.80 Å². The molecule has 2 rings (SSSR count). The molecule has 0 aromatic heterocycles. The molecule has 0 N–H and O–H groups in total. The van der Waals surface area contributed by atoms with Gasteiger partial charge in [0.25, 0.3) is 0 Å². The van der Waals surface area contributed by atoms with Gasteiger partial charge in [-0.15, -0.1) is 0 Å². The molecule has 1 amide bonds. The molecule has 1 unspecified atom stereocenters. The molecule has 1 saturated heterocycles. The van der Waals surface area contributed by atoms with Gasteiger partial charge >= 0.3 is 0 Å². The van der Waals surface area contributed by atoms with Gasteiger partial charge in [-0.3, -0.25) is 9.69 Å². The van der Waals surface area contributed by atoms with Gasteiger partial charge < -0.3 is 9.64 Å². The Bertz CT molecular complexity index is 696. The van der Waals surface area contributed by atoms with Crippen LogP contribution in [0.1, 0.15) is 13.3 Å². The van der Waals surface area contributed by atoms with Gasteiger partial charge in [0.2, 0.25) is 5.91 Å². The van der Waals surface area contributed by atoms with Gasteiger partial charge in [0.1, 0.15) is 6.61 Å². The Morgan fingerprint density at radius 3 is 2.68 bits per heavy atom. The first-order chi connectivity index (χ1) is 11.8. The van der Waals surface area contributed by atoms with Gasteiger partial charge in [-0.1, -0.05) is 12.1 Å². The van der Waals surface area contributed by atoms with E-state index in [1.807, 2.05) is 6.92 Å². The first kappa shape index (κ1) is 19.7. The molecule has 140 valence electrons. The number of benzene rings is 1. The maximum absolute atomic E-state index is 13.5. The number of carbonyl (C=O) groups is 1. The molecule has 1 atom stereocenters. The fraction of sp³-hybridized carbons (Fsp3) is 0.588. The SMILES string of the molecule is CCN(CCOc1ccccc1F)C(=O)CN(C)C1CCS(=O)(=O)C1. The van der Waals surface area contributed by atoms with Gasteiger partial charge in [0.15, 0.2) is 21.4 Å². The quantitative estimate of drug-likeness (QED) is 0.685. The van der Waals surface area contributed by atoms with E-state index in [1.165, 1.54) is 6.07 Å². The molecule has 1 aliphatic heterocycles. The molecule has 0 spiro atoms. The number of halogens is 1. The molecule has 1 aliphatic rings. The minimum absolute atomic E-state index is 0.0913.